The van der Waals surface area contributed by atoms with Gasteiger partial charge in [-0.3, -0.25) is 0 Å². The summed E-state index contributed by atoms with van der Waals surface area (Å²) in [5.74, 6) is 0.325. The number of hydrogen-bond donors (Lipinski definition) is 0. The van der Waals surface area contributed by atoms with Crippen molar-refractivity contribution < 1.29 is 19.5 Å². The molecule has 0 radical (unpaired) electrons. The first-order chi connectivity index (χ1) is 35.3. The zero-order chi connectivity index (χ0) is 50.6. The van der Waals surface area contributed by atoms with E-state index in [4.69, 9.17) is 29.0 Å². The second kappa shape index (κ2) is 14.5. The third kappa shape index (κ3) is 5.80. The van der Waals surface area contributed by atoms with Crippen LogP contribution in [0.1, 0.15) is 37.3 Å². The van der Waals surface area contributed by atoms with E-state index in [-0.39, 0.29) is 45.0 Å². The summed E-state index contributed by atoms with van der Waals surface area (Å²) in [5.41, 5.74) is 6.93. The third-order valence-electron chi connectivity index (χ3n) is 11.6. The Morgan fingerprint density at radius 2 is 0.968 bits per heavy atom. The molecule has 0 amide bonds. The quantitative estimate of drug-likeness (QED) is 0.161. The lowest BCUT2D eigenvalue weighted by molar-refractivity contribution is 0.669. The molecule has 11 aromatic rings. The summed E-state index contributed by atoms with van der Waals surface area (Å²) >= 11 is 0. The molecular formula is C58H37N3O. The van der Waals surface area contributed by atoms with Gasteiger partial charge in [-0.05, 0) is 91.9 Å². The molecule has 0 spiro atoms. The van der Waals surface area contributed by atoms with Gasteiger partial charge in [-0.15, -0.1) is 0 Å². The minimum absolute atomic E-state index is 0.115. The molecule has 0 unspecified atom stereocenters. The van der Waals surface area contributed by atoms with Crippen LogP contribution in [0.5, 0.6) is 0 Å². The van der Waals surface area contributed by atoms with Gasteiger partial charge in [0.1, 0.15) is 11.2 Å². The largest absolute Gasteiger partial charge is 0.456 e. The highest BCUT2D eigenvalue weighted by atomic mass is 16.3. The van der Waals surface area contributed by atoms with Gasteiger partial charge < -0.3 is 4.42 Å². The van der Waals surface area contributed by atoms with Crippen molar-refractivity contribution in [1.29, 1.82) is 0 Å². The van der Waals surface area contributed by atoms with Gasteiger partial charge in [0.05, 0.1) is 20.5 Å². The molecule has 0 saturated carbocycles. The van der Waals surface area contributed by atoms with E-state index in [1.54, 1.807) is 0 Å². The van der Waals surface area contributed by atoms with Gasteiger partial charge in [-0.1, -0.05) is 188 Å². The van der Waals surface area contributed by atoms with Crippen molar-refractivity contribution in [3.8, 4) is 67.5 Å². The minimum Gasteiger partial charge on any atom is -0.456 e. The summed E-state index contributed by atoms with van der Waals surface area (Å²) < 4.78 is 104. The molecule has 0 fully saturated rings. The smallest absolute Gasteiger partial charge is 0.164 e. The predicted octanol–water partition coefficient (Wildman–Crippen LogP) is 14.5. The van der Waals surface area contributed by atoms with E-state index in [1.165, 1.54) is 0 Å². The first kappa shape index (κ1) is 26.1. The molecule has 12 rings (SSSR count). The Bertz CT molecular complexity index is 4040. The van der Waals surface area contributed by atoms with Crippen LogP contribution in [0, 0.1) is 0 Å². The molecule has 4 heteroatoms. The van der Waals surface area contributed by atoms with Crippen molar-refractivity contribution >= 4 is 21.9 Å². The number of rotatable bonds is 7. The third-order valence-corrected chi connectivity index (χ3v) is 11.6. The molecule has 0 saturated heterocycles. The van der Waals surface area contributed by atoms with E-state index in [1.807, 2.05) is 103 Å². The zero-order valence-electron chi connectivity index (χ0n) is 43.8. The summed E-state index contributed by atoms with van der Waals surface area (Å²) in [5, 5.41) is -0.409. The number of nitrogens with zero attached hydrogens (tertiary/aromatic N) is 3. The van der Waals surface area contributed by atoms with Gasteiger partial charge in [-0.25, -0.2) is 15.0 Å². The number of benzene rings is 9. The first-order valence-corrected chi connectivity index (χ1v) is 20.1. The summed E-state index contributed by atoms with van der Waals surface area (Å²) in [7, 11) is 0. The van der Waals surface area contributed by atoms with Crippen LogP contribution in [0.4, 0.5) is 0 Å². The maximum atomic E-state index is 9.72. The Labute approximate surface area is 375 Å². The maximum absolute atomic E-state index is 9.72. The van der Waals surface area contributed by atoms with Gasteiger partial charge in [0.15, 0.2) is 17.5 Å². The van der Waals surface area contributed by atoms with E-state index < -0.39 is 83.0 Å². The van der Waals surface area contributed by atoms with Crippen LogP contribution in [0.3, 0.4) is 0 Å². The molecule has 2 aromatic heterocycles. The molecule has 0 atom stereocenters. The molecule has 0 bridgehead atoms. The Hall–Kier alpha value is -8.21. The van der Waals surface area contributed by atoms with Crippen LogP contribution < -0.4 is 0 Å². The lowest BCUT2D eigenvalue weighted by Crippen LogP contribution is -2.28. The first-order valence-electron chi connectivity index (χ1n) is 25.6. The van der Waals surface area contributed by atoms with Gasteiger partial charge in [0, 0.05) is 27.5 Å². The van der Waals surface area contributed by atoms with Crippen molar-refractivity contribution in [3.05, 3.63) is 246 Å². The second-order valence-corrected chi connectivity index (χ2v) is 15.1. The van der Waals surface area contributed by atoms with Crippen LogP contribution in [-0.4, -0.2) is 15.0 Å². The lowest BCUT2D eigenvalue weighted by Gasteiger charge is -2.34. The predicted molar refractivity (Wildman–Crippen MR) is 252 cm³/mol. The number of aromatic nitrogens is 3. The van der Waals surface area contributed by atoms with Crippen molar-refractivity contribution in [2.45, 2.75) is 5.41 Å². The van der Waals surface area contributed by atoms with Crippen molar-refractivity contribution in [2.24, 2.45) is 0 Å². The van der Waals surface area contributed by atoms with Crippen LogP contribution in [0.25, 0.3) is 89.5 Å². The Morgan fingerprint density at radius 1 is 0.371 bits per heavy atom. The van der Waals surface area contributed by atoms with Gasteiger partial charge in [-0.2, -0.15) is 0 Å². The monoisotopic (exact) mass is 802 g/mol. The number of furan rings is 1. The Morgan fingerprint density at radius 3 is 1.71 bits per heavy atom. The molecule has 4 nitrogen and oxygen atoms in total. The normalized spacial score (nSPS) is 15.1. The zero-order valence-corrected chi connectivity index (χ0v) is 32.8. The molecule has 9 aromatic carbocycles. The van der Waals surface area contributed by atoms with Gasteiger partial charge >= 0.3 is 0 Å². The average molecular weight is 803 g/mol. The van der Waals surface area contributed by atoms with Crippen LogP contribution in [0.2, 0.25) is 0 Å². The lowest BCUT2D eigenvalue weighted by atomic mass is 9.67. The highest BCUT2D eigenvalue weighted by Crippen LogP contribution is 2.56. The van der Waals surface area contributed by atoms with Gasteiger partial charge in [0.25, 0.3) is 0 Å². The van der Waals surface area contributed by atoms with Gasteiger partial charge in [0.2, 0.25) is 0 Å². The second-order valence-electron chi connectivity index (χ2n) is 15.1. The molecule has 2 heterocycles. The molecule has 290 valence electrons. The minimum atomic E-state index is -0.753. The van der Waals surface area contributed by atoms with E-state index >= 15 is 0 Å². The van der Waals surface area contributed by atoms with Crippen molar-refractivity contribution in [3.63, 3.8) is 0 Å². The van der Waals surface area contributed by atoms with Crippen LogP contribution in [-0.2, 0) is 5.41 Å². The summed E-state index contributed by atoms with van der Waals surface area (Å²) in [6.07, 6.45) is 0. The van der Waals surface area contributed by atoms with Crippen molar-refractivity contribution in [1.82, 2.24) is 15.0 Å². The summed E-state index contributed by atoms with van der Waals surface area (Å²) in [6.45, 7) is 0. The Kier molecular flexibility index (Phi) is 6.11. The molecule has 0 N–H and O–H groups in total. The number of hydrogen-bond acceptors (Lipinski definition) is 4. The van der Waals surface area contributed by atoms with Crippen molar-refractivity contribution in [2.75, 3.05) is 0 Å². The van der Waals surface area contributed by atoms with Crippen LogP contribution in [0.15, 0.2) is 229 Å². The molecule has 1 aliphatic carbocycles. The number of fused-ring (bicyclic) bond motifs is 6. The topological polar surface area (TPSA) is 51.8 Å². The standard InChI is InChI=1S/C58H37N3O/c1-5-16-38(17-6-1)40-20-15-21-42(34-40)55-59-56(61-57(60-55)44-29-32-49-50-35-41(39-18-7-2-8-19-39)30-33-53(50)62-54(49)37-44)43-28-31-48-47-26-13-14-27-51(47)58(52(48)36-43,45-22-9-3-10-23-45)46-24-11-4-12-25-46/h1-37H/i2D,7D,8D,18D,19D,29D,30D,32D,33D,35D,37D. The van der Waals surface area contributed by atoms with E-state index in [0.29, 0.717) is 11.1 Å². The molecule has 1 aliphatic rings. The highest BCUT2D eigenvalue weighted by molar-refractivity contribution is 6.07. The fraction of sp³-hybridized carbons (Fsp3) is 0.0172. The van der Waals surface area contributed by atoms with E-state index in [9.17, 15) is 5.48 Å². The van der Waals surface area contributed by atoms with E-state index in [2.05, 4.69) is 54.6 Å². The molecule has 0 aliphatic heterocycles. The Balaban J connectivity index is 1.12. The molecular weight excluding hydrogens is 755 g/mol. The fourth-order valence-corrected chi connectivity index (χ4v) is 8.80. The van der Waals surface area contributed by atoms with E-state index in [0.717, 1.165) is 44.5 Å². The summed E-state index contributed by atoms with van der Waals surface area (Å²) in [4.78, 5) is 15.1. The molecule has 62 heavy (non-hydrogen) atoms. The SMILES string of the molecule is [2H]c1c([2H])c([2H])c(-c2c([2H])c([2H])c3oc4c([2H])c(-c5nc(-c6cccc(-c7ccccc7)c6)nc(-c6ccc7c(c6)C(c6ccccc6)(c6ccccc6)c6ccccc6-7)n5)c([2H])c([2H])c4c3c2[2H])c([2H])c1[2H]. The maximum Gasteiger partial charge on any atom is 0.164 e. The summed E-state index contributed by atoms with van der Waals surface area (Å²) in [6, 6.07) is 46.1. The fourth-order valence-electron chi connectivity index (χ4n) is 8.80. The average Bonchev–Trinajstić information content (AvgIpc) is 3.98. The van der Waals surface area contributed by atoms with Crippen LogP contribution >= 0.6 is 0 Å². The highest BCUT2D eigenvalue weighted by Gasteiger charge is 2.46.